The van der Waals surface area contributed by atoms with Gasteiger partial charge in [-0.15, -0.1) is 0 Å². The van der Waals surface area contributed by atoms with Crippen LogP contribution in [0.5, 0.6) is 5.75 Å². The monoisotopic (exact) mass is 274 g/mol. The Morgan fingerprint density at radius 2 is 2.00 bits per heavy atom. The van der Waals surface area contributed by atoms with Crippen LogP contribution in [0.3, 0.4) is 0 Å². The number of alkyl halides is 1. The van der Waals surface area contributed by atoms with Crippen molar-refractivity contribution in [3.63, 3.8) is 0 Å². The lowest BCUT2D eigenvalue weighted by Crippen LogP contribution is -2.12. The molecule has 1 aromatic carbocycles. The normalized spacial score (nSPS) is 12.5. The summed E-state index contributed by atoms with van der Waals surface area (Å²) < 4.78 is 19.5. The van der Waals surface area contributed by atoms with E-state index in [2.05, 4.69) is 22.9 Å². The van der Waals surface area contributed by atoms with Gasteiger partial charge in [0.25, 0.3) is 0 Å². The molecule has 1 atom stereocenters. The molecule has 0 bridgehead atoms. The van der Waals surface area contributed by atoms with Crippen LogP contribution in [-0.4, -0.2) is 12.8 Å². The van der Waals surface area contributed by atoms with Gasteiger partial charge < -0.3 is 4.74 Å². The fraction of sp³-hybridized carbons (Fsp3) is 0.500. The summed E-state index contributed by atoms with van der Waals surface area (Å²) in [6, 6.07) is 7.43. The van der Waals surface area contributed by atoms with Gasteiger partial charge in [-0.25, -0.2) is 4.39 Å². The molecular weight excluding hydrogens is 259 g/mol. The van der Waals surface area contributed by atoms with E-state index in [1.165, 1.54) is 0 Å². The molecule has 1 unspecified atom stereocenters. The molecule has 0 radical (unpaired) electrons. The van der Waals surface area contributed by atoms with Crippen LogP contribution in [0.4, 0.5) is 4.39 Å². The smallest absolute Gasteiger partial charge is 0.134 e. The number of benzene rings is 1. The summed E-state index contributed by atoms with van der Waals surface area (Å²) in [7, 11) is 0. The maximum Gasteiger partial charge on any atom is 0.134 e. The molecule has 0 aliphatic heterocycles. The topological polar surface area (TPSA) is 9.23 Å². The van der Waals surface area contributed by atoms with E-state index < -0.39 is 6.17 Å². The highest BCUT2D eigenvalue weighted by Gasteiger charge is 2.06. The summed E-state index contributed by atoms with van der Waals surface area (Å²) >= 11 is 3.33. The van der Waals surface area contributed by atoms with Gasteiger partial charge in [0.15, 0.2) is 0 Å². The molecule has 1 rings (SSSR count). The third kappa shape index (κ3) is 5.17. The van der Waals surface area contributed by atoms with Crippen molar-refractivity contribution >= 4 is 15.9 Å². The van der Waals surface area contributed by atoms with E-state index in [1.807, 2.05) is 24.3 Å². The second-order valence-electron chi connectivity index (χ2n) is 3.50. The van der Waals surface area contributed by atoms with Crippen LogP contribution < -0.4 is 4.74 Å². The first-order valence-electron chi connectivity index (χ1n) is 5.24. The molecule has 0 heterocycles. The largest absolute Gasteiger partial charge is 0.491 e. The number of ether oxygens (including phenoxy) is 1. The number of unbranched alkanes of at least 4 members (excludes halogenated alkanes) is 1. The van der Waals surface area contributed by atoms with Gasteiger partial charge in [0.2, 0.25) is 0 Å². The lowest BCUT2D eigenvalue weighted by atomic mass is 10.2. The Labute approximate surface area is 98.8 Å². The van der Waals surface area contributed by atoms with Gasteiger partial charge in [0, 0.05) is 4.47 Å². The van der Waals surface area contributed by atoms with E-state index in [0.717, 1.165) is 23.1 Å². The first kappa shape index (κ1) is 12.5. The molecule has 0 N–H and O–H groups in total. The lowest BCUT2D eigenvalue weighted by molar-refractivity contribution is 0.184. The molecule has 1 nitrogen and oxygen atoms in total. The predicted molar refractivity (Wildman–Crippen MR) is 64.1 cm³/mol. The Hall–Kier alpha value is -0.570. The van der Waals surface area contributed by atoms with Gasteiger partial charge in [-0.1, -0.05) is 35.7 Å². The van der Waals surface area contributed by atoms with Crippen LogP contribution in [0.1, 0.15) is 26.2 Å². The van der Waals surface area contributed by atoms with Gasteiger partial charge >= 0.3 is 0 Å². The zero-order valence-corrected chi connectivity index (χ0v) is 10.5. The van der Waals surface area contributed by atoms with Gasteiger partial charge in [0.1, 0.15) is 18.5 Å². The number of hydrogen-bond donors (Lipinski definition) is 0. The quantitative estimate of drug-likeness (QED) is 0.749. The van der Waals surface area contributed by atoms with Crippen molar-refractivity contribution in [2.24, 2.45) is 0 Å². The van der Waals surface area contributed by atoms with Gasteiger partial charge in [0.05, 0.1) is 0 Å². The van der Waals surface area contributed by atoms with E-state index in [-0.39, 0.29) is 6.61 Å². The summed E-state index contributed by atoms with van der Waals surface area (Å²) in [6.45, 7) is 2.21. The molecule has 15 heavy (non-hydrogen) atoms. The molecule has 0 aromatic heterocycles. The van der Waals surface area contributed by atoms with Crippen molar-refractivity contribution in [2.45, 2.75) is 32.4 Å². The number of rotatable bonds is 6. The van der Waals surface area contributed by atoms with E-state index in [1.54, 1.807) is 0 Å². The average molecular weight is 275 g/mol. The summed E-state index contributed by atoms with van der Waals surface area (Å²) in [6.07, 6.45) is 1.69. The molecule has 0 fully saturated rings. The van der Waals surface area contributed by atoms with Crippen molar-refractivity contribution in [3.8, 4) is 5.75 Å². The molecule has 0 saturated heterocycles. The summed E-state index contributed by atoms with van der Waals surface area (Å²) in [4.78, 5) is 0. The Morgan fingerprint density at radius 1 is 1.33 bits per heavy atom. The molecule has 3 heteroatoms. The summed E-state index contributed by atoms with van der Waals surface area (Å²) in [5, 5.41) is 0. The minimum atomic E-state index is -0.853. The van der Waals surface area contributed by atoms with E-state index in [0.29, 0.717) is 6.42 Å². The SMILES string of the molecule is CCCCC(F)COc1ccc(Br)cc1. The maximum absolute atomic E-state index is 13.2. The molecule has 0 spiro atoms. The molecule has 84 valence electrons. The molecule has 1 aromatic rings. The highest BCUT2D eigenvalue weighted by Crippen LogP contribution is 2.17. The molecule has 0 aliphatic rings. The highest BCUT2D eigenvalue weighted by molar-refractivity contribution is 9.10. The number of hydrogen-bond acceptors (Lipinski definition) is 1. The standard InChI is InChI=1S/C12H16BrFO/c1-2-3-4-11(14)9-15-12-7-5-10(13)6-8-12/h5-8,11H,2-4,9H2,1H3. The predicted octanol–water partition coefficient (Wildman–Crippen LogP) is 4.36. The highest BCUT2D eigenvalue weighted by atomic mass is 79.9. The minimum absolute atomic E-state index is 0.154. The average Bonchev–Trinajstić information content (AvgIpc) is 2.25. The molecule has 0 saturated carbocycles. The Balaban J connectivity index is 2.27. The van der Waals surface area contributed by atoms with Crippen molar-refractivity contribution in [2.75, 3.05) is 6.61 Å². The zero-order valence-electron chi connectivity index (χ0n) is 8.88. The van der Waals surface area contributed by atoms with Crippen LogP contribution in [0.15, 0.2) is 28.7 Å². The van der Waals surface area contributed by atoms with Crippen LogP contribution >= 0.6 is 15.9 Å². The first-order valence-corrected chi connectivity index (χ1v) is 6.04. The van der Waals surface area contributed by atoms with Crippen LogP contribution in [0, 0.1) is 0 Å². The van der Waals surface area contributed by atoms with E-state index in [4.69, 9.17) is 4.74 Å². The van der Waals surface area contributed by atoms with Crippen molar-refractivity contribution in [3.05, 3.63) is 28.7 Å². The molecule has 0 amide bonds. The Morgan fingerprint density at radius 3 is 2.60 bits per heavy atom. The zero-order chi connectivity index (χ0) is 11.1. The van der Waals surface area contributed by atoms with Crippen molar-refractivity contribution in [1.82, 2.24) is 0 Å². The molecular formula is C12H16BrFO. The van der Waals surface area contributed by atoms with Crippen LogP contribution in [-0.2, 0) is 0 Å². The Kier molecular flexibility index (Phi) is 5.69. The third-order valence-electron chi connectivity index (χ3n) is 2.12. The maximum atomic E-state index is 13.2. The second-order valence-corrected chi connectivity index (χ2v) is 4.42. The van der Waals surface area contributed by atoms with Crippen LogP contribution in [0.2, 0.25) is 0 Å². The van der Waals surface area contributed by atoms with Crippen molar-refractivity contribution < 1.29 is 9.13 Å². The summed E-state index contributed by atoms with van der Waals surface area (Å²) in [5.74, 6) is 0.720. The summed E-state index contributed by atoms with van der Waals surface area (Å²) in [5.41, 5.74) is 0. The Bertz CT molecular complexity index is 273. The fourth-order valence-corrected chi connectivity index (χ4v) is 1.49. The fourth-order valence-electron chi connectivity index (χ4n) is 1.23. The first-order chi connectivity index (χ1) is 7.22. The lowest BCUT2D eigenvalue weighted by Gasteiger charge is -2.09. The molecule has 0 aliphatic carbocycles. The van der Waals surface area contributed by atoms with Gasteiger partial charge in [-0.2, -0.15) is 0 Å². The van der Waals surface area contributed by atoms with Crippen molar-refractivity contribution in [1.29, 1.82) is 0 Å². The van der Waals surface area contributed by atoms with Gasteiger partial charge in [-0.05, 0) is 30.7 Å². The number of halogens is 2. The van der Waals surface area contributed by atoms with Crippen LogP contribution in [0.25, 0.3) is 0 Å². The third-order valence-corrected chi connectivity index (χ3v) is 2.64. The second kappa shape index (κ2) is 6.83. The van der Waals surface area contributed by atoms with E-state index in [9.17, 15) is 4.39 Å². The minimum Gasteiger partial charge on any atom is -0.491 e. The van der Waals surface area contributed by atoms with Gasteiger partial charge in [-0.3, -0.25) is 0 Å². The van der Waals surface area contributed by atoms with E-state index >= 15 is 0 Å².